The average molecular weight is 324 g/mol. The summed E-state index contributed by atoms with van der Waals surface area (Å²) in [4.78, 5) is 15.0. The molecule has 1 aromatic rings. The van der Waals surface area contributed by atoms with Crippen LogP contribution in [0.2, 0.25) is 10.2 Å². The van der Waals surface area contributed by atoms with Gasteiger partial charge in [-0.25, -0.2) is 13.4 Å². The lowest BCUT2D eigenvalue weighted by molar-refractivity contribution is -0.120. The summed E-state index contributed by atoms with van der Waals surface area (Å²) in [5.41, 5.74) is 0. The van der Waals surface area contributed by atoms with Gasteiger partial charge in [-0.1, -0.05) is 23.2 Å². The van der Waals surface area contributed by atoms with Gasteiger partial charge in [-0.3, -0.25) is 4.79 Å². The highest BCUT2D eigenvalue weighted by atomic mass is 35.5. The number of nitrogens with one attached hydrogen (secondary N) is 1. The first-order valence-corrected chi connectivity index (χ1v) is 7.69. The first-order valence-electron chi connectivity index (χ1n) is 5.49. The molecule has 2 rings (SSSR count). The molecule has 104 valence electrons. The molecule has 1 aliphatic rings. The number of sulfonamides is 1. The van der Waals surface area contributed by atoms with Crippen LogP contribution in [-0.2, 0) is 14.8 Å². The number of carbonyl (C=O) groups is 1. The van der Waals surface area contributed by atoms with Crippen molar-refractivity contribution in [3.8, 4) is 0 Å². The maximum Gasteiger partial charge on any atom is 0.245 e. The summed E-state index contributed by atoms with van der Waals surface area (Å²) < 4.78 is 25.8. The maximum absolute atomic E-state index is 12.4. The molecule has 2 heterocycles. The Labute approximate surface area is 120 Å². The predicted octanol–water partition coefficient (Wildman–Crippen LogP) is 0.899. The van der Waals surface area contributed by atoms with Gasteiger partial charge in [0.25, 0.3) is 0 Å². The molecule has 1 N–H and O–H groups in total. The summed E-state index contributed by atoms with van der Waals surface area (Å²) in [6, 6.07) is 1.23. The van der Waals surface area contributed by atoms with Crippen LogP contribution in [0.15, 0.2) is 17.2 Å². The highest BCUT2D eigenvalue weighted by Crippen LogP contribution is 2.24. The van der Waals surface area contributed by atoms with Crippen LogP contribution >= 0.6 is 23.2 Å². The summed E-state index contributed by atoms with van der Waals surface area (Å²) >= 11 is 11.4. The third-order valence-corrected chi connectivity index (χ3v) is 5.13. The van der Waals surface area contributed by atoms with Crippen LogP contribution in [0, 0.1) is 0 Å². The largest absolute Gasteiger partial charge is 0.355 e. The Morgan fingerprint density at radius 3 is 2.79 bits per heavy atom. The fourth-order valence-corrected chi connectivity index (χ4v) is 3.42. The smallest absolute Gasteiger partial charge is 0.245 e. The summed E-state index contributed by atoms with van der Waals surface area (Å²) in [6.07, 6.45) is 1.69. The molecular formula is C10H11Cl2N3O3S. The molecule has 6 nitrogen and oxygen atoms in total. The van der Waals surface area contributed by atoms with E-state index in [4.69, 9.17) is 23.2 Å². The third kappa shape index (κ3) is 3.17. The van der Waals surface area contributed by atoms with Crippen LogP contribution < -0.4 is 5.32 Å². The van der Waals surface area contributed by atoms with Crippen LogP contribution in [-0.4, -0.2) is 43.2 Å². The first kappa shape index (κ1) is 14.5. The SMILES string of the molecule is O=C1CN(S(=O)(=O)c2cnc(Cl)c(Cl)c2)CCCN1. The number of rotatable bonds is 2. The highest BCUT2D eigenvalue weighted by Gasteiger charge is 2.28. The van der Waals surface area contributed by atoms with E-state index in [2.05, 4.69) is 10.3 Å². The average Bonchev–Trinajstić information content (AvgIpc) is 2.57. The second-order valence-electron chi connectivity index (χ2n) is 3.99. The number of nitrogens with zero attached hydrogens (tertiary/aromatic N) is 2. The molecule has 0 unspecified atom stereocenters. The lowest BCUT2D eigenvalue weighted by atomic mass is 10.4. The van der Waals surface area contributed by atoms with Crippen molar-refractivity contribution in [2.75, 3.05) is 19.6 Å². The minimum atomic E-state index is -3.79. The quantitative estimate of drug-likeness (QED) is 0.820. The number of hydrogen-bond acceptors (Lipinski definition) is 4. The molecule has 9 heteroatoms. The van der Waals surface area contributed by atoms with E-state index in [0.717, 1.165) is 10.5 Å². The van der Waals surface area contributed by atoms with Crippen LogP contribution in [0.5, 0.6) is 0 Å². The molecule has 0 radical (unpaired) electrons. The van der Waals surface area contributed by atoms with Crippen molar-refractivity contribution in [2.45, 2.75) is 11.3 Å². The van der Waals surface area contributed by atoms with E-state index in [1.165, 1.54) is 6.07 Å². The van der Waals surface area contributed by atoms with Gasteiger partial charge in [0, 0.05) is 19.3 Å². The lowest BCUT2D eigenvalue weighted by Crippen LogP contribution is -2.37. The Balaban J connectivity index is 2.35. The number of carbonyl (C=O) groups excluding carboxylic acids is 1. The van der Waals surface area contributed by atoms with Crippen molar-refractivity contribution in [1.29, 1.82) is 0 Å². The Morgan fingerprint density at radius 2 is 2.11 bits per heavy atom. The van der Waals surface area contributed by atoms with Gasteiger partial charge in [0.05, 0.1) is 11.6 Å². The second kappa shape index (κ2) is 5.62. The van der Waals surface area contributed by atoms with Gasteiger partial charge in [0.1, 0.15) is 10.0 Å². The minimum absolute atomic E-state index is 0.0363. The topological polar surface area (TPSA) is 79.4 Å². The molecule has 1 fully saturated rings. The zero-order valence-electron chi connectivity index (χ0n) is 9.77. The number of pyridine rings is 1. The predicted molar refractivity (Wildman–Crippen MR) is 70.6 cm³/mol. The number of aromatic nitrogens is 1. The summed E-state index contributed by atoms with van der Waals surface area (Å²) in [5.74, 6) is -0.325. The van der Waals surface area contributed by atoms with Crippen molar-refractivity contribution in [2.24, 2.45) is 0 Å². The summed E-state index contributed by atoms with van der Waals surface area (Å²) in [5, 5.41) is 2.70. The molecule has 0 aliphatic carbocycles. The van der Waals surface area contributed by atoms with Gasteiger partial charge in [0.15, 0.2) is 0 Å². The molecule has 19 heavy (non-hydrogen) atoms. The van der Waals surface area contributed by atoms with Gasteiger partial charge in [-0.15, -0.1) is 0 Å². The Morgan fingerprint density at radius 1 is 1.37 bits per heavy atom. The molecule has 0 aromatic carbocycles. The van der Waals surface area contributed by atoms with E-state index in [1.807, 2.05) is 0 Å². The fraction of sp³-hybridized carbons (Fsp3) is 0.400. The van der Waals surface area contributed by atoms with E-state index in [-0.39, 0.29) is 34.1 Å². The van der Waals surface area contributed by atoms with Gasteiger partial charge in [0.2, 0.25) is 15.9 Å². The highest BCUT2D eigenvalue weighted by molar-refractivity contribution is 7.89. The number of halogens is 2. The van der Waals surface area contributed by atoms with E-state index in [0.29, 0.717) is 13.0 Å². The molecular weight excluding hydrogens is 313 g/mol. The molecule has 0 saturated carbocycles. The molecule has 1 saturated heterocycles. The second-order valence-corrected chi connectivity index (χ2v) is 6.69. The van der Waals surface area contributed by atoms with Gasteiger partial charge >= 0.3 is 0 Å². The van der Waals surface area contributed by atoms with Crippen molar-refractivity contribution in [3.63, 3.8) is 0 Å². The summed E-state index contributed by atoms with van der Waals surface area (Å²) in [7, 11) is -3.79. The molecule has 1 aromatic heterocycles. The van der Waals surface area contributed by atoms with Crippen LogP contribution in [0.1, 0.15) is 6.42 Å². The fourth-order valence-electron chi connectivity index (χ4n) is 1.68. The number of hydrogen-bond donors (Lipinski definition) is 1. The zero-order valence-corrected chi connectivity index (χ0v) is 12.1. The number of amides is 1. The Bertz CT molecular complexity index is 606. The van der Waals surface area contributed by atoms with Gasteiger partial charge < -0.3 is 5.32 Å². The molecule has 1 amide bonds. The van der Waals surface area contributed by atoms with Gasteiger partial charge in [-0.2, -0.15) is 4.31 Å². The van der Waals surface area contributed by atoms with Crippen molar-refractivity contribution in [3.05, 3.63) is 22.4 Å². The molecule has 0 spiro atoms. The first-order chi connectivity index (χ1) is 8.91. The van der Waals surface area contributed by atoms with E-state index in [9.17, 15) is 13.2 Å². The third-order valence-electron chi connectivity index (χ3n) is 2.64. The van der Waals surface area contributed by atoms with Crippen LogP contribution in [0.25, 0.3) is 0 Å². The Hall–Kier alpha value is -0.890. The van der Waals surface area contributed by atoms with Crippen molar-refractivity contribution < 1.29 is 13.2 Å². The summed E-state index contributed by atoms with van der Waals surface area (Å²) in [6.45, 7) is 0.522. The maximum atomic E-state index is 12.4. The molecule has 0 atom stereocenters. The van der Waals surface area contributed by atoms with Crippen molar-refractivity contribution >= 4 is 39.1 Å². The lowest BCUT2D eigenvalue weighted by Gasteiger charge is -2.18. The normalized spacial score (nSPS) is 17.9. The zero-order chi connectivity index (χ0) is 14.0. The van der Waals surface area contributed by atoms with E-state index < -0.39 is 10.0 Å². The van der Waals surface area contributed by atoms with Crippen LogP contribution in [0.3, 0.4) is 0 Å². The van der Waals surface area contributed by atoms with E-state index >= 15 is 0 Å². The molecule has 0 bridgehead atoms. The van der Waals surface area contributed by atoms with E-state index in [1.54, 1.807) is 0 Å². The Kier molecular flexibility index (Phi) is 4.29. The standard InChI is InChI=1S/C10H11Cl2N3O3S/c11-8-4-7(5-14-10(8)12)19(17,18)15-3-1-2-13-9(16)6-15/h4-5H,1-3,6H2,(H,13,16). The van der Waals surface area contributed by atoms with Crippen molar-refractivity contribution in [1.82, 2.24) is 14.6 Å². The minimum Gasteiger partial charge on any atom is -0.355 e. The van der Waals surface area contributed by atoms with Gasteiger partial charge in [-0.05, 0) is 12.5 Å². The monoisotopic (exact) mass is 323 g/mol. The molecule has 1 aliphatic heterocycles. The van der Waals surface area contributed by atoms with Crippen LogP contribution in [0.4, 0.5) is 0 Å².